The molecule has 0 heterocycles. The van der Waals surface area contributed by atoms with Crippen molar-refractivity contribution in [1.29, 1.82) is 0 Å². The zero-order valence-electron chi connectivity index (χ0n) is 27.4. The molecule has 0 aromatic heterocycles. The van der Waals surface area contributed by atoms with Crippen molar-refractivity contribution >= 4 is 6.48 Å². The average Bonchev–Trinajstić information content (AvgIpc) is 3.58. The first kappa shape index (κ1) is 34.6. The maximum Gasteiger partial charge on any atom is -1.00 e. The zero-order chi connectivity index (χ0) is 29.8. The van der Waals surface area contributed by atoms with Gasteiger partial charge < -0.3 is 24.8 Å². The number of fused-ring (bicyclic) bond motifs is 3. The molecule has 0 fully saturated rings. The standard InChI is InChI=1S/C21H25.C15H14.C5H5.2ClH.Zr/c1-20(2,3)16-7-9-18-14(12-16)11-15-13-17(21(4,5)6)8-10-19(15)18;1-12-5-3-7-14(9-12)11-15-8-4-6-13(2)10-15;1-2-4-5-3-1;;;/h7-10,12H,11H2,1-6H3;3-10H,1-2H3;1-5H;2*1H;/q;;;;;+2/p-2. The van der Waals surface area contributed by atoms with Crippen LogP contribution in [0.1, 0.15) is 86.1 Å². The fourth-order valence-electron chi connectivity index (χ4n) is 6.84. The van der Waals surface area contributed by atoms with Gasteiger partial charge in [-0.3, -0.25) is 0 Å². The Morgan fingerprint density at radius 2 is 1.23 bits per heavy atom. The van der Waals surface area contributed by atoms with Gasteiger partial charge in [0.25, 0.3) is 0 Å². The van der Waals surface area contributed by atoms with Crippen molar-refractivity contribution < 1.29 is 46.1 Å². The molecule has 0 saturated heterocycles. The zero-order valence-corrected chi connectivity index (χ0v) is 31.3. The summed E-state index contributed by atoms with van der Waals surface area (Å²) < 4.78 is 3.82. The third-order valence-electron chi connectivity index (χ3n) is 8.98. The Hall–Kier alpha value is -2.31. The third-order valence-corrected chi connectivity index (χ3v) is 17.0. The summed E-state index contributed by atoms with van der Waals surface area (Å²) >= 11 is -2.73. The van der Waals surface area contributed by atoms with E-state index in [-0.39, 0.29) is 35.6 Å². The van der Waals surface area contributed by atoms with Crippen LogP contribution in [0.25, 0.3) is 11.1 Å². The van der Waals surface area contributed by atoms with Crippen LogP contribution in [0.15, 0.2) is 103 Å². The van der Waals surface area contributed by atoms with Crippen molar-refractivity contribution in [1.82, 2.24) is 0 Å². The summed E-state index contributed by atoms with van der Waals surface area (Å²) in [5.41, 5.74) is 14.6. The fraction of sp³-hybridized carbons (Fsp3) is 0.293. The quantitative estimate of drug-likeness (QED) is 0.268. The van der Waals surface area contributed by atoms with E-state index in [1.165, 1.54) is 44.5 Å². The Labute approximate surface area is 285 Å². The van der Waals surface area contributed by atoms with Crippen molar-refractivity contribution in [2.24, 2.45) is 0 Å². The van der Waals surface area contributed by atoms with E-state index in [0.29, 0.717) is 3.63 Å². The largest absolute Gasteiger partial charge is 1.00 e. The molecule has 3 heteroatoms. The number of hydrogen-bond donors (Lipinski definition) is 0. The number of allylic oxidation sites excluding steroid dienone is 4. The predicted octanol–water partition coefficient (Wildman–Crippen LogP) is 3.90. The Morgan fingerprint density at radius 1 is 0.659 bits per heavy atom. The van der Waals surface area contributed by atoms with E-state index in [9.17, 15) is 0 Å². The van der Waals surface area contributed by atoms with E-state index in [1.807, 2.05) is 0 Å². The van der Waals surface area contributed by atoms with E-state index in [2.05, 4.69) is 159 Å². The maximum absolute atomic E-state index is 2.73. The summed E-state index contributed by atoms with van der Waals surface area (Å²) in [5, 5.41) is 0. The van der Waals surface area contributed by atoms with Crippen LogP contribution in [0.5, 0.6) is 0 Å². The topological polar surface area (TPSA) is 0 Å². The molecular formula is C41H44Cl2Zr. The molecule has 2 aliphatic rings. The Kier molecular flexibility index (Phi) is 10.4. The second kappa shape index (κ2) is 13.2. The Bertz CT molecular complexity index is 1730. The van der Waals surface area contributed by atoms with Gasteiger partial charge in [-0.15, -0.1) is 0 Å². The second-order valence-corrected chi connectivity index (χ2v) is 20.5. The molecule has 0 unspecified atom stereocenters. The first-order valence-electron chi connectivity index (χ1n) is 15.5. The number of halogens is 2. The van der Waals surface area contributed by atoms with Crippen LogP contribution in [0, 0.1) is 13.8 Å². The van der Waals surface area contributed by atoms with Crippen molar-refractivity contribution in [3.05, 3.63) is 148 Å². The van der Waals surface area contributed by atoms with Gasteiger partial charge >= 0.3 is 263 Å². The van der Waals surface area contributed by atoms with E-state index < -0.39 is 21.3 Å². The monoisotopic (exact) mass is 696 g/mol. The molecule has 0 amide bonds. The van der Waals surface area contributed by atoms with Crippen LogP contribution >= 0.6 is 0 Å². The molecule has 6 rings (SSSR count). The average molecular weight is 699 g/mol. The van der Waals surface area contributed by atoms with Gasteiger partial charge in [-0.1, -0.05) is 0 Å². The summed E-state index contributed by atoms with van der Waals surface area (Å²) in [7, 11) is 0. The SMILES string of the molecule is Cc1cccc([C](c2cccc(C)c2)=[Zr+2]([c]2c(C(C)(C)C)ccc3c2Cc2cc(C(C)(C)C)ccc2-3)[CH]2C=CC=C2)c1.[Cl-].[Cl-]. The molecule has 44 heavy (non-hydrogen) atoms. The molecule has 0 atom stereocenters. The van der Waals surface area contributed by atoms with E-state index >= 15 is 0 Å². The summed E-state index contributed by atoms with van der Waals surface area (Å²) in [6.45, 7) is 18.7. The van der Waals surface area contributed by atoms with Crippen molar-refractivity contribution in [2.75, 3.05) is 0 Å². The van der Waals surface area contributed by atoms with Gasteiger partial charge in [0.2, 0.25) is 0 Å². The van der Waals surface area contributed by atoms with Gasteiger partial charge in [0.15, 0.2) is 0 Å². The minimum atomic E-state index is -2.73. The minimum Gasteiger partial charge on any atom is -1.00 e. The van der Waals surface area contributed by atoms with Gasteiger partial charge in [0.05, 0.1) is 0 Å². The van der Waals surface area contributed by atoms with Crippen molar-refractivity contribution in [2.45, 2.75) is 76.3 Å². The molecule has 4 aromatic rings. The van der Waals surface area contributed by atoms with Crippen LogP contribution in [0.3, 0.4) is 0 Å². The Balaban J connectivity index is 0.00000221. The number of benzene rings is 4. The number of rotatable bonds is 4. The molecule has 0 spiro atoms. The van der Waals surface area contributed by atoms with Gasteiger partial charge in [-0.05, 0) is 0 Å². The molecule has 2 aliphatic carbocycles. The maximum atomic E-state index is 2.51. The molecule has 0 aliphatic heterocycles. The van der Waals surface area contributed by atoms with Gasteiger partial charge in [-0.2, -0.15) is 0 Å². The molecule has 0 N–H and O–H groups in total. The Morgan fingerprint density at radius 3 is 1.75 bits per heavy atom. The second-order valence-electron chi connectivity index (χ2n) is 14.4. The molecular weight excluding hydrogens is 655 g/mol. The van der Waals surface area contributed by atoms with Crippen LogP contribution < -0.4 is 28.1 Å². The van der Waals surface area contributed by atoms with Gasteiger partial charge in [0, 0.05) is 0 Å². The molecule has 0 bridgehead atoms. The molecule has 0 nitrogen and oxygen atoms in total. The summed E-state index contributed by atoms with van der Waals surface area (Å²) in [6, 6.07) is 30.8. The molecule has 4 aromatic carbocycles. The summed E-state index contributed by atoms with van der Waals surface area (Å²) in [6.07, 6.45) is 10.6. The molecule has 0 saturated carbocycles. The summed E-state index contributed by atoms with van der Waals surface area (Å²) in [4.78, 5) is 0. The van der Waals surface area contributed by atoms with Gasteiger partial charge in [0.1, 0.15) is 0 Å². The first-order chi connectivity index (χ1) is 19.9. The van der Waals surface area contributed by atoms with Crippen LogP contribution in [0.2, 0.25) is 3.63 Å². The molecule has 0 radical (unpaired) electrons. The van der Waals surface area contributed by atoms with E-state index in [0.717, 1.165) is 6.42 Å². The third kappa shape index (κ3) is 6.63. The number of aryl methyl sites for hydroxylation is 2. The van der Waals surface area contributed by atoms with Gasteiger partial charge in [-0.25, -0.2) is 0 Å². The predicted molar refractivity (Wildman–Crippen MR) is 179 cm³/mol. The van der Waals surface area contributed by atoms with Crippen LogP contribution in [-0.2, 0) is 38.5 Å². The van der Waals surface area contributed by atoms with Crippen molar-refractivity contribution in [3.8, 4) is 11.1 Å². The molecule has 226 valence electrons. The number of hydrogen-bond acceptors (Lipinski definition) is 0. The van der Waals surface area contributed by atoms with E-state index in [4.69, 9.17) is 0 Å². The van der Waals surface area contributed by atoms with Crippen molar-refractivity contribution in [3.63, 3.8) is 0 Å². The summed E-state index contributed by atoms with van der Waals surface area (Å²) in [5.74, 6) is 0. The van der Waals surface area contributed by atoms with Crippen LogP contribution in [0.4, 0.5) is 0 Å². The fourth-order valence-corrected chi connectivity index (χ4v) is 16.1. The van der Waals surface area contributed by atoms with E-state index in [1.54, 1.807) is 17.6 Å². The first-order valence-corrected chi connectivity index (χ1v) is 19.3. The normalized spacial score (nSPS) is 13.4. The minimum absolute atomic E-state index is 0. The smallest absolute Gasteiger partial charge is 1.00 e. The van der Waals surface area contributed by atoms with Crippen LogP contribution in [-0.4, -0.2) is 3.21 Å².